The zero-order valence-electron chi connectivity index (χ0n) is 18.5. The summed E-state index contributed by atoms with van der Waals surface area (Å²) in [6, 6.07) is 8.08. The van der Waals surface area contributed by atoms with Crippen molar-refractivity contribution in [2.24, 2.45) is 0 Å². The van der Waals surface area contributed by atoms with E-state index >= 15 is 0 Å². The second kappa shape index (κ2) is 7.31. The molecule has 8 nitrogen and oxygen atoms in total. The summed E-state index contributed by atoms with van der Waals surface area (Å²) >= 11 is 0. The number of benzene rings is 1. The van der Waals surface area contributed by atoms with Crippen LogP contribution in [0.1, 0.15) is 18.2 Å². The van der Waals surface area contributed by atoms with Gasteiger partial charge in [-0.1, -0.05) is 6.08 Å². The van der Waals surface area contributed by atoms with Crippen molar-refractivity contribution in [1.82, 2.24) is 19.4 Å². The van der Waals surface area contributed by atoms with Gasteiger partial charge in [0.1, 0.15) is 5.75 Å². The highest BCUT2D eigenvalue weighted by molar-refractivity contribution is 5.76. The summed E-state index contributed by atoms with van der Waals surface area (Å²) in [4.78, 5) is 16.0. The van der Waals surface area contributed by atoms with E-state index < -0.39 is 5.60 Å². The minimum Gasteiger partial charge on any atom is -0.495 e. The summed E-state index contributed by atoms with van der Waals surface area (Å²) in [7, 11) is 1.65. The van der Waals surface area contributed by atoms with Crippen molar-refractivity contribution in [2.75, 3.05) is 30.4 Å². The van der Waals surface area contributed by atoms with Gasteiger partial charge in [0.2, 0.25) is 0 Å². The molecule has 4 aromatic rings. The van der Waals surface area contributed by atoms with Crippen LogP contribution in [0.5, 0.6) is 5.75 Å². The minimum atomic E-state index is -0.652. The SMILES string of the molecule is COc1cc(Nc2nc(-c3cnc4c(c3)CC=C4)cn3ccnc23)ccc1N1CC(C)(O)C1. The Morgan fingerprint density at radius 2 is 2.06 bits per heavy atom. The quantitative estimate of drug-likeness (QED) is 0.489. The maximum Gasteiger partial charge on any atom is 0.180 e. The van der Waals surface area contributed by atoms with Crippen LogP contribution in [0.15, 0.2) is 55.1 Å². The van der Waals surface area contributed by atoms with Gasteiger partial charge < -0.3 is 24.5 Å². The molecule has 4 heterocycles. The predicted molar refractivity (Wildman–Crippen MR) is 128 cm³/mol. The van der Waals surface area contributed by atoms with E-state index in [0.29, 0.717) is 18.9 Å². The molecule has 33 heavy (non-hydrogen) atoms. The highest BCUT2D eigenvalue weighted by atomic mass is 16.5. The van der Waals surface area contributed by atoms with Gasteiger partial charge in [0.25, 0.3) is 0 Å². The number of fused-ring (bicyclic) bond motifs is 2. The largest absolute Gasteiger partial charge is 0.495 e. The molecule has 8 heteroatoms. The number of anilines is 3. The van der Waals surface area contributed by atoms with Gasteiger partial charge in [-0.25, -0.2) is 9.97 Å². The third-order valence-corrected chi connectivity index (χ3v) is 6.13. The standard InChI is InChI=1S/C25H24N6O2/c1-25(32)14-31(15-25)21-7-6-18(11-22(21)33-2)28-23-24-26-8-9-30(24)13-20(29-23)17-10-16-4-3-5-19(16)27-12-17/h3,5-13,32H,4,14-15H2,1-2H3,(H,28,29). The monoisotopic (exact) mass is 440 g/mol. The maximum atomic E-state index is 10.1. The van der Waals surface area contributed by atoms with Gasteiger partial charge in [0.05, 0.1) is 29.8 Å². The smallest absolute Gasteiger partial charge is 0.180 e. The zero-order chi connectivity index (χ0) is 22.6. The molecule has 0 radical (unpaired) electrons. The lowest BCUT2D eigenvalue weighted by molar-refractivity contribution is 0.0308. The number of nitrogens with one attached hydrogen (secondary N) is 1. The number of aliphatic hydroxyl groups is 1. The number of rotatable bonds is 5. The average molecular weight is 441 g/mol. The number of methoxy groups -OCH3 is 1. The van der Waals surface area contributed by atoms with E-state index in [0.717, 1.165) is 46.1 Å². The summed E-state index contributed by atoms with van der Waals surface area (Å²) < 4.78 is 7.60. The molecule has 166 valence electrons. The number of pyridine rings is 1. The summed E-state index contributed by atoms with van der Waals surface area (Å²) in [6.07, 6.45) is 12.6. The van der Waals surface area contributed by atoms with Gasteiger partial charge in [-0.15, -0.1) is 0 Å². The van der Waals surface area contributed by atoms with Crippen molar-refractivity contribution in [1.29, 1.82) is 0 Å². The number of β-amino-alcohol motifs (C(OH)–C–C–N with tert-alkyl or cyclic N) is 1. The van der Waals surface area contributed by atoms with Gasteiger partial charge in [-0.05, 0) is 43.2 Å². The Hall–Kier alpha value is -3.91. The van der Waals surface area contributed by atoms with E-state index in [1.807, 2.05) is 48.1 Å². The molecule has 2 N–H and O–H groups in total. The van der Waals surface area contributed by atoms with Gasteiger partial charge in [-0.2, -0.15) is 0 Å². The maximum absolute atomic E-state index is 10.1. The minimum absolute atomic E-state index is 0.582. The van der Waals surface area contributed by atoms with Gasteiger partial charge in [-0.3, -0.25) is 4.98 Å². The first kappa shape index (κ1) is 19.8. The number of ether oxygens (including phenoxy) is 1. The predicted octanol–water partition coefficient (Wildman–Crippen LogP) is 3.68. The number of hydrogen-bond donors (Lipinski definition) is 2. The molecule has 1 aromatic carbocycles. The highest BCUT2D eigenvalue weighted by Gasteiger charge is 2.37. The van der Waals surface area contributed by atoms with Crippen LogP contribution in [-0.2, 0) is 6.42 Å². The Morgan fingerprint density at radius 3 is 2.88 bits per heavy atom. The van der Waals surface area contributed by atoms with Crippen LogP contribution in [-0.4, -0.2) is 50.3 Å². The Morgan fingerprint density at radius 1 is 1.18 bits per heavy atom. The number of imidazole rings is 1. The zero-order valence-corrected chi connectivity index (χ0v) is 18.5. The fourth-order valence-corrected chi connectivity index (χ4v) is 4.53. The van der Waals surface area contributed by atoms with Crippen molar-refractivity contribution in [3.8, 4) is 17.0 Å². The van der Waals surface area contributed by atoms with Crippen LogP contribution < -0.4 is 15.0 Å². The summed E-state index contributed by atoms with van der Waals surface area (Å²) in [5.41, 5.74) is 5.90. The van der Waals surface area contributed by atoms with E-state index in [1.54, 1.807) is 13.3 Å². The molecular formula is C25H24N6O2. The van der Waals surface area contributed by atoms with E-state index in [1.165, 1.54) is 5.56 Å². The third-order valence-electron chi connectivity index (χ3n) is 6.13. The van der Waals surface area contributed by atoms with Crippen molar-refractivity contribution in [3.63, 3.8) is 0 Å². The lowest BCUT2D eigenvalue weighted by Gasteiger charge is -2.46. The fourth-order valence-electron chi connectivity index (χ4n) is 4.53. The number of hydrogen-bond acceptors (Lipinski definition) is 7. The molecule has 1 saturated heterocycles. The number of aromatic nitrogens is 4. The molecule has 1 fully saturated rings. The van der Waals surface area contributed by atoms with Crippen LogP contribution in [0.4, 0.5) is 17.2 Å². The topological polar surface area (TPSA) is 87.8 Å². The molecule has 6 rings (SSSR count). The summed E-state index contributed by atoms with van der Waals surface area (Å²) in [6.45, 7) is 3.00. The fraction of sp³-hybridized carbons (Fsp3) is 0.240. The number of allylic oxidation sites excluding steroid dienone is 1. The van der Waals surface area contributed by atoms with E-state index in [4.69, 9.17) is 9.72 Å². The van der Waals surface area contributed by atoms with Gasteiger partial charge in [0, 0.05) is 55.2 Å². The second-order valence-electron chi connectivity index (χ2n) is 8.87. The van der Waals surface area contributed by atoms with Crippen LogP contribution in [0, 0.1) is 0 Å². The summed E-state index contributed by atoms with van der Waals surface area (Å²) in [5, 5.41) is 13.5. The first-order valence-electron chi connectivity index (χ1n) is 10.9. The molecule has 0 saturated carbocycles. The molecule has 2 aliphatic rings. The molecule has 1 aliphatic heterocycles. The van der Waals surface area contributed by atoms with Crippen molar-refractivity contribution >= 4 is 28.9 Å². The molecule has 1 aliphatic carbocycles. The molecule has 0 spiro atoms. The van der Waals surface area contributed by atoms with E-state index in [9.17, 15) is 5.11 Å². The van der Waals surface area contributed by atoms with Crippen LogP contribution >= 0.6 is 0 Å². The molecule has 0 amide bonds. The lowest BCUT2D eigenvalue weighted by Crippen LogP contribution is -2.60. The number of nitrogens with zero attached hydrogens (tertiary/aromatic N) is 5. The Balaban J connectivity index is 1.34. The average Bonchev–Trinajstić information content (AvgIpc) is 3.46. The summed E-state index contributed by atoms with van der Waals surface area (Å²) in [5.74, 6) is 1.39. The third kappa shape index (κ3) is 3.48. The van der Waals surface area contributed by atoms with Crippen molar-refractivity contribution in [3.05, 3.63) is 66.4 Å². The van der Waals surface area contributed by atoms with Gasteiger partial charge >= 0.3 is 0 Å². The Bertz CT molecular complexity index is 1400. The van der Waals surface area contributed by atoms with E-state index in [-0.39, 0.29) is 0 Å². The van der Waals surface area contributed by atoms with Crippen LogP contribution in [0.25, 0.3) is 23.0 Å². The second-order valence-corrected chi connectivity index (χ2v) is 8.87. The van der Waals surface area contributed by atoms with Gasteiger partial charge in [0.15, 0.2) is 11.5 Å². The Kier molecular flexibility index (Phi) is 4.38. The molecule has 0 atom stereocenters. The van der Waals surface area contributed by atoms with Crippen LogP contribution in [0.2, 0.25) is 0 Å². The Labute approximate surface area is 191 Å². The molecule has 3 aromatic heterocycles. The molecule has 0 unspecified atom stereocenters. The first-order valence-corrected chi connectivity index (χ1v) is 10.9. The lowest BCUT2D eigenvalue weighted by atomic mass is 9.96. The normalized spacial score (nSPS) is 16.0. The molecular weight excluding hydrogens is 416 g/mol. The van der Waals surface area contributed by atoms with Crippen molar-refractivity contribution < 1.29 is 9.84 Å². The van der Waals surface area contributed by atoms with Crippen molar-refractivity contribution in [2.45, 2.75) is 18.9 Å². The van der Waals surface area contributed by atoms with E-state index in [2.05, 4.69) is 38.4 Å². The highest BCUT2D eigenvalue weighted by Crippen LogP contribution is 2.37. The molecule has 0 bridgehead atoms. The van der Waals surface area contributed by atoms with Crippen LogP contribution in [0.3, 0.4) is 0 Å². The first-order chi connectivity index (χ1) is 16.0.